The molecule has 1 aliphatic rings. The van der Waals surface area contributed by atoms with Gasteiger partial charge in [0.2, 0.25) is 0 Å². The lowest BCUT2D eigenvalue weighted by molar-refractivity contribution is 0.0126. The van der Waals surface area contributed by atoms with Gasteiger partial charge >= 0.3 is 6.09 Å². The monoisotopic (exact) mass is 309 g/mol. The molecule has 2 rings (SSSR count). The van der Waals surface area contributed by atoms with Gasteiger partial charge in [0.15, 0.2) is 0 Å². The van der Waals surface area contributed by atoms with E-state index in [1.165, 1.54) is 6.42 Å². The minimum atomic E-state index is -0.373. The second-order valence-corrected chi connectivity index (χ2v) is 6.84. The fourth-order valence-corrected chi connectivity index (χ4v) is 3.19. The summed E-state index contributed by atoms with van der Waals surface area (Å²) in [5.74, 6) is 1.61. The summed E-state index contributed by atoms with van der Waals surface area (Å²) in [6.07, 6.45) is 2.96. The molecule has 1 saturated carbocycles. The molecule has 1 aromatic carbocycles. The first kappa shape index (κ1) is 16.2. The van der Waals surface area contributed by atoms with Crippen LogP contribution in [0, 0.1) is 17.8 Å². The van der Waals surface area contributed by atoms with Crippen LogP contribution in [0.3, 0.4) is 0 Å². The lowest BCUT2D eigenvalue weighted by Gasteiger charge is -2.36. The Labute approximate surface area is 132 Å². The standard InChI is InChI=1S/C17H24ClNO2/c1-11(2)15-9-4-12(3)10-16(15)21-17(20)19-14-7-5-13(18)6-8-14/h5-8,11-12,15-16H,4,9-10H2,1-3H3,(H,19,20)/t12-,15+,16+/m0/s1. The summed E-state index contributed by atoms with van der Waals surface area (Å²) in [7, 11) is 0. The topological polar surface area (TPSA) is 38.3 Å². The highest BCUT2D eigenvalue weighted by Gasteiger charge is 2.33. The van der Waals surface area contributed by atoms with Gasteiger partial charge in [-0.05, 0) is 54.9 Å². The number of hydrogen-bond donors (Lipinski definition) is 1. The van der Waals surface area contributed by atoms with Crippen LogP contribution in [0.5, 0.6) is 0 Å². The summed E-state index contributed by atoms with van der Waals surface area (Å²) in [4.78, 5) is 12.1. The molecule has 4 heteroatoms. The number of anilines is 1. The van der Waals surface area contributed by atoms with Crippen molar-refractivity contribution in [1.29, 1.82) is 0 Å². The van der Waals surface area contributed by atoms with Crippen molar-refractivity contribution in [2.75, 3.05) is 5.32 Å². The Balaban J connectivity index is 1.94. The number of carbonyl (C=O) groups is 1. The van der Waals surface area contributed by atoms with Crippen LogP contribution in [0.15, 0.2) is 24.3 Å². The highest BCUT2D eigenvalue weighted by Crippen LogP contribution is 2.35. The zero-order chi connectivity index (χ0) is 15.4. The molecule has 3 nitrogen and oxygen atoms in total. The molecular formula is C17H24ClNO2. The summed E-state index contributed by atoms with van der Waals surface area (Å²) < 4.78 is 5.69. The van der Waals surface area contributed by atoms with Crippen LogP contribution in [0.25, 0.3) is 0 Å². The maximum Gasteiger partial charge on any atom is 0.411 e. The molecule has 0 aliphatic heterocycles. The third-order valence-electron chi connectivity index (χ3n) is 4.31. The van der Waals surface area contributed by atoms with Crippen LogP contribution < -0.4 is 5.32 Å². The van der Waals surface area contributed by atoms with Gasteiger partial charge in [0, 0.05) is 10.7 Å². The quantitative estimate of drug-likeness (QED) is 0.817. The summed E-state index contributed by atoms with van der Waals surface area (Å²) >= 11 is 5.83. The van der Waals surface area contributed by atoms with E-state index >= 15 is 0 Å². The molecule has 0 radical (unpaired) electrons. The van der Waals surface area contributed by atoms with E-state index in [1.807, 2.05) is 0 Å². The van der Waals surface area contributed by atoms with Gasteiger partial charge in [0.05, 0.1) is 0 Å². The van der Waals surface area contributed by atoms with Crippen molar-refractivity contribution in [2.24, 2.45) is 17.8 Å². The molecule has 1 aliphatic carbocycles. The predicted octanol–water partition coefficient (Wildman–Crippen LogP) is 5.35. The summed E-state index contributed by atoms with van der Waals surface area (Å²) in [6.45, 7) is 6.63. The van der Waals surface area contributed by atoms with Crippen LogP contribution >= 0.6 is 11.6 Å². The Morgan fingerprint density at radius 1 is 1.29 bits per heavy atom. The molecule has 1 N–H and O–H groups in total. The first-order valence-corrected chi connectivity index (χ1v) is 8.06. The van der Waals surface area contributed by atoms with Gasteiger partial charge < -0.3 is 4.74 Å². The van der Waals surface area contributed by atoms with Gasteiger partial charge in [0.25, 0.3) is 0 Å². The summed E-state index contributed by atoms with van der Waals surface area (Å²) in [5, 5.41) is 3.42. The molecule has 0 bridgehead atoms. The average Bonchev–Trinajstić information content (AvgIpc) is 2.41. The summed E-state index contributed by atoms with van der Waals surface area (Å²) in [5.41, 5.74) is 0.703. The smallest absolute Gasteiger partial charge is 0.411 e. The molecule has 21 heavy (non-hydrogen) atoms. The van der Waals surface area contributed by atoms with Crippen molar-refractivity contribution in [3.63, 3.8) is 0 Å². The third kappa shape index (κ3) is 4.63. The maximum absolute atomic E-state index is 12.1. The normalized spacial score (nSPS) is 25.7. The number of carbonyl (C=O) groups excluding carboxylic acids is 1. The van der Waals surface area contributed by atoms with Gasteiger partial charge in [0.1, 0.15) is 6.10 Å². The summed E-state index contributed by atoms with van der Waals surface area (Å²) in [6, 6.07) is 7.04. The Morgan fingerprint density at radius 3 is 2.57 bits per heavy atom. The molecule has 0 heterocycles. The van der Waals surface area contributed by atoms with E-state index in [0.29, 0.717) is 28.5 Å². The van der Waals surface area contributed by atoms with Gasteiger partial charge in [-0.15, -0.1) is 0 Å². The fraction of sp³-hybridized carbons (Fsp3) is 0.588. The number of benzene rings is 1. The largest absolute Gasteiger partial charge is 0.446 e. The van der Waals surface area contributed by atoms with Crippen molar-refractivity contribution in [3.8, 4) is 0 Å². The van der Waals surface area contributed by atoms with Crippen LogP contribution in [0.2, 0.25) is 5.02 Å². The molecule has 3 atom stereocenters. The molecule has 1 aromatic rings. The molecule has 0 unspecified atom stereocenters. The van der Waals surface area contributed by atoms with Crippen molar-refractivity contribution in [1.82, 2.24) is 0 Å². The minimum Gasteiger partial charge on any atom is -0.446 e. The van der Waals surface area contributed by atoms with E-state index < -0.39 is 0 Å². The molecule has 0 aromatic heterocycles. The zero-order valence-electron chi connectivity index (χ0n) is 12.9. The number of ether oxygens (including phenoxy) is 1. The highest BCUT2D eigenvalue weighted by atomic mass is 35.5. The van der Waals surface area contributed by atoms with Crippen molar-refractivity contribution >= 4 is 23.4 Å². The van der Waals surface area contributed by atoms with E-state index in [4.69, 9.17) is 16.3 Å². The Hall–Kier alpha value is -1.22. The lowest BCUT2D eigenvalue weighted by Crippen LogP contribution is -2.36. The number of rotatable bonds is 3. The van der Waals surface area contributed by atoms with Crippen LogP contribution in [0.1, 0.15) is 40.0 Å². The SMILES string of the molecule is CC(C)[C@H]1CC[C@H](C)C[C@H]1OC(=O)Nc1ccc(Cl)cc1. The average molecular weight is 310 g/mol. The third-order valence-corrected chi connectivity index (χ3v) is 4.56. The van der Waals surface area contributed by atoms with Crippen molar-refractivity contribution in [3.05, 3.63) is 29.3 Å². The minimum absolute atomic E-state index is 0.0149. The molecule has 116 valence electrons. The van der Waals surface area contributed by atoms with Crippen LogP contribution in [-0.4, -0.2) is 12.2 Å². The lowest BCUT2D eigenvalue weighted by atomic mass is 9.75. The maximum atomic E-state index is 12.1. The second kappa shape index (κ2) is 7.17. The number of nitrogens with one attached hydrogen (secondary N) is 1. The van der Waals surface area contributed by atoms with E-state index in [1.54, 1.807) is 24.3 Å². The highest BCUT2D eigenvalue weighted by molar-refractivity contribution is 6.30. The number of amides is 1. The number of hydrogen-bond acceptors (Lipinski definition) is 2. The van der Waals surface area contributed by atoms with Gasteiger partial charge in [-0.2, -0.15) is 0 Å². The van der Waals surface area contributed by atoms with E-state index in [0.717, 1.165) is 12.8 Å². The first-order valence-electron chi connectivity index (χ1n) is 7.69. The van der Waals surface area contributed by atoms with E-state index in [-0.39, 0.29) is 12.2 Å². The Kier molecular flexibility index (Phi) is 5.51. The second-order valence-electron chi connectivity index (χ2n) is 6.40. The van der Waals surface area contributed by atoms with Crippen molar-refractivity contribution in [2.45, 2.75) is 46.1 Å². The van der Waals surface area contributed by atoms with Crippen LogP contribution in [-0.2, 0) is 4.74 Å². The van der Waals surface area contributed by atoms with Crippen molar-refractivity contribution < 1.29 is 9.53 Å². The van der Waals surface area contributed by atoms with E-state index in [9.17, 15) is 4.79 Å². The predicted molar refractivity (Wildman–Crippen MR) is 86.7 cm³/mol. The Morgan fingerprint density at radius 2 is 1.95 bits per heavy atom. The fourth-order valence-electron chi connectivity index (χ4n) is 3.07. The molecule has 1 fully saturated rings. The molecule has 0 saturated heterocycles. The van der Waals surface area contributed by atoms with Crippen LogP contribution in [0.4, 0.5) is 10.5 Å². The van der Waals surface area contributed by atoms with Gasteiger partial charge in [-0.25, -0.2) is 4.79 Å². The molecule has 1 amide bonds. The molecule has 0 spiro atoms. The number of halogens is 1. The van der Waals surface area contributed by atoms with E-state index in [2.05, 4.69) is 26.1 Å². The first-order chi connectivity index (χ1) is 9.95. The van der Waals surface area contributed by atoms with Gasteiger partial charge in [-0.1, -0.05) is 38.8 Å². The zero-order valence-corrected chi connectivity index (χ0v) is 13.7. The molecular weight excluding hydrogens is 286 g/mol. The van der Waals surface area contributed by atoms with Gasteiger partial charge in [-0.3, -0.25) is 5.32 Å². The Bertz CT molecular complexity index is 472.